The quantitative estimate of drug-likeness (QED) is 0.920. The second-order valence-electron chi connectivity index (χ2n) is 5.04. The van der Waals surface area contributed by atoms with Crippen LogP contribution < -0.4 is 5.32 Å². The molecule has 0 radical (unpaired) electrons. The standard InChI is InChI=1S/C16H14Cl2N2O2/c17-12-8-19-9-13(16(12)18)20-15(21)7-14-11-4-2-1-3-10(11)5-6-22-14/h1-4,8-9,14H,5-7H2,(H,20,21)/t14-/m0/s1. The van der Waals surface area contributed by atoms with Gasteiger partial charge in [-0.2, -0.15) is 0 Å². The number of carbonyl (C=O) groups is 1. The van der Waals surface area contributed by atoms with Gasteiger partial charge in [0.15, 0.2) is 0 Å². The summed E-state index contributed by atoms with van der Waals surface area (Å²) in [6.45, 7) is 0.619. The molecule has 1 N–H and O–H groups in total. The highest BCUT2D eigenvalue weighted by molar-refractivity contribution is 6.43. The predicted molar refractivity (Wildman–Crippen MR) is 86.3 cm³/mol. The Balaban J connectivity index is 1.72. The molecule has 4 nitrogen and oxygen atoms in total. The Hall–Kier alpha value is -1.62. The van der Waals surface area contributed by atoms with E-state index in [1.807, 2.05) is 18.2 Å². The van der Waals surface area contributed by atoms with Gasteiger partial charge in [-0.15, -0.1) is 0 Å². The van der Waals surface area contributed by atoms with Crippen LogP contribution in [0, 0.1) is 0 Å². The van der Waals surface area contributed by atoms with E-state index in [9.17, 15) is 4.79 Å². The number of carbonyl (C=O) groups excluding carboxylic acids is 1. The largest absolute Gasteiger partial charge is 0.373 e. The van der Waals surface area contributed by atoms with Gasteiger partial charge in [0.2, 0.25) is 5.91 Å². The SMILES string of the molecule is O=C(C[C@@H]1OCCc2ccccc21)Nc1cncc(Cl)c1Cl. The molecule has 1 aliphatic heterocycles. The summed E-state index contributed by atoms with van der Waals surface area (Å²) in [4.78, 5) is 16.2. The minimum atomic E-state index is -0.240. The van der Waals surface area contributed by atoms with E-state index in [0.29, 0.717) is 17.3 Å². The molecular formula is C16H14Cl2N2O2. The van der Waals surface area contributed by atoms with E-state index in [0.717, 1.165) is 12.0 Å². The fourth-order valence-corrected chi connectivity index (χ4v) is 2.82. The molecule has 2 aromatic rings. The van der Waals surface area contributed by atoms with Crippen molar-refractivity contribution in [3.8, 4) is 0 Å². The van der Waals surface area contributed by atoms with Crippen LogP contribution in [-0.2, 0) is 16.0 Å². The second kappa shape index (κ2) is 6.65. The van der Waals surface area contributed by atoms with E-state index in [2.05, 4.69) is 16.4 Å². The van der Waals surface area contributed by atoms with Crippen LogP contribution in [-0.4, -0.2) is 17.5 Å². The molecule has 0 fully saturated rings. The van der Waals surface area contributed by atoms with Crippen LogP contribution in [0.25, 0.3) is 0 Å². The number of aromatic nitrogens is 1. The highest BCUT2D eigenvalue weighted by Crippen LogP contribution is 2.31. The lowest BCUT2D eigenvalue weighted by atomic mass is 9.95. The summed E-state index contributed by atoms with van der Waals surface area (Å²) < 4.78 is 5.73. The van der Waals surface area contributed by atoms with Gasteiger partial charge in [-0.25, -0.2) is 0 Å². The van der Waals surface area contributed by atoms with Crippen molar-refractivity contribution in [2.45, 2.75) is 18.9 Å². The number of nitrogens with zero attached hydrogens (tertiary/aromatic N) is 1. The van der Waals surface area contributed by atoms with Gasteiger partial charge >= 0.3 is 0 Å². The molecule has 0 bridgehead atoms. The summed E-state index contributed by atoms with van der Waals surface area (Å²) in [6.07, 6.45) is 3.76. The predicted octanol–water partition coefficient (Wildman–Crippen LogP) is 4.03. The first-order chi connectivity index (χ1) is 10.6. The number of hydrogen-bond acceptors (Lipinski definition) is 3. The van der Waals surface area contributed by atoms with E-state index in [-0.39, 0.29) is 23.5 Å². The zero-order valence-corrected chi connectivity index (χ0v) is 13.2. The fraction of sp³-hybridized carbons (Fsp3) is 0.250. The van der Waals surface area contributed by atoms with Gasteiger partial charge in [0, 0.05) is 6.20 Å². The van der Waals surface area contributed by atoms with Gasteiger partial charge in [0.25, 0.3) is 0 Å². The van der Waals surface area contributed by atoms with Crippen molar-refractivity contribution in [3.05, 3.63) is 57.8 Å². The van der Waals surface area contributed by atoms with Crippen LogP contribution in [0.1, 0.15) is 23.7 Å². The Morgan fingerprint density at radius 3 is 3.00 bits per heavy atom. The Bertz CT molecular complexity index is 706. The highest BCUT2D eigenvalue weighted by atomic mass is 35.5. The number of fused-ring (bicyclic) bond motifs is 1. The Morgan fingerprint density at radius 1 is 1.32 bits per heavy atom. The topological polar surface area (TPSA) is 51.2 Å². The van der Waals surface area contributed by atoms with Crippen molar-refractivity contribution >= 4 is 34.8 Å². The molecule has 6 heteroatoms. The van der Waals surface area contributed by atoms with Crippen molar-refractivity contribution < 1.29 is 9.53 Å². The third kappa shape index (κ3) is 3.24. The third-order valence-electron chi connectivity index (χ3n) is 3.57. The number of benzene rings is 1. The number of hydrogen-bond donors (Lipinski definition) is 1. The lowest BCUT2D eigenvalue weighted by Gasteiger charge is -2.25. The van der Waals surface area contributed by atoms with Gasteiger partial charge in [-0.05, 0) is 17.5 Å². The molecule has 3 rings (SSSR count). The van der Waals surface area contributed by atoms with Crippen LogP contribution in [0.3, 0.4) is 0 Å². The smallest absolute Gasteiger partial charge is 0.227 e. The molecular weight excluding hydrogens is 323 g/mol. The zero-order chi connectivity index (χ0) is 15.5. The Labute approximate surface area is 138 Å². The second-order valence-corrected chi connectivity index (χ2v) is 5.83. The van der Waals surface area contributed by atoms with Crippen molar-refractivity contribution in [3.63, 3.8) is 0 Å². The lowest BCUT2D eigenvalue weighted by molar-refractivity contribution is -0.119. The first-order valence-electron chi connectivity index (χ1n) is 6.93. The van der Waals surface area contributed by atoms with Crippen molar-refractivity contribution in [1.29, 1.82) is 0 Å². The number of amides is 1. The molecule has 0 saturated carbocycles. The van der Waals surface area contributed by atoms with Crippen molar-refractivity contribution in [1.82, 2.24) is 4.98 Å². The van der Waals surface area contributed by atoms with E-state index >= 15 is 0 Å². The summed E-state index contributed by atoms with van der Waals surface area (Å²) in [5.74, 6) is -0.187. The number of pyridine rings is 1. The summed E-state index contributed by atoms with van der Waals surface area (Å²) in [5, 5.41) is 3.32. The number of anilines is 1. The normalized spacial score (nSPS) is 16.9. The molecule has 0 saturated heterocycles. The molecule has 1 aromatic carbocycles. The van der Waals surface area contributed by atoms with E-state index in [1.165, 1.54) is 18.0 Å². The fourth-order valence-electron chi connectivity index (χ4n) is 2.52. The molecule has 0 spiro atoms. The van der Waals surface area contributed by atoms with Gasteiger partial charge in [-0.1, -0.05) is 47.5 Å². The number of rotatable bonds is 3. The highest BCUT2D eigenvalue weighted by Gasteiger charge is 2.23. The van der Waals surface area contributed by atoms with Gasteiger partial charge in [0.05, 0.1) is 41.1 Å². The number of halogens is 2. The third-order valence-corrected chi connectivity index (χ3v) is 4.37. The maximum atomic E-state index is 12.2. The molecule has 114 valence electrons. The molecule has 2 heterocycles. The first-order valence-corrected chi connectivity index (χ1v) is 7.69. The summed E-state index contributed by atoms with van der Waals surface area (Å²) in [7, 11) is 0. The van der Waals surface area contributed by atoms with E-state index < -0.39 is 0 Å². The van der Waals surface area contributed by atoms with Gasteiger partial charge < -0.3 is 10.1 Å². The maximum Gasteiger partial charge on any atom is 0.227 e. The lowest BCUT2D eigenvalue weighted by Crippen LogP contribution is -2.22. The molecule has 22 heavy (non-hydrogen) atoms. The van der Waals surface area contributed by atoms with E-state index in [1.54, 1.807) is 0 Å². The number of nitrogens with one attached hydrogen (secondary N) is 1. The van der Waals surface area contributed by atoms with Crippen LogP contribution in [0.15, 0.2) is 36.7 Å². The van der Waals surface area contributed by atoms with Crippen LogP contribution in [0.4, 0.5) is 5.69 Å². The average Bonchev–Trinajstić information content (AvgIpc) is 2.52. The van der Waals surface area contributed by atoms with Crippen LogP contribution in [0.2, 0.25) is 10.0 Å². The minimum absolute atomic E-state index is 0.187. The summed E-state index contributed by atoms with van der Waals surface area (Å²) in [5.41, 5.74) is 2.71. The molecule has 1 amide bonds. The molecule has 0 unspecified atom stereocenters. The van der Waals surface area contributed by atoms with Crippen molar-refractivity contribution in [2.75, 3.05) is 11.9 Å². The molecule has 1 atom stereocenters. The summed E-state index contributed by atoms with van der Waals surface area (Å²) in [6, 6.07) is 8.02. The van der Waals surface area contributed by atoms with Gasteiger partial charge in [-0.3, -0.25) is 9.78 Å². The van der Waals surface area contributed by atoms with Gasteiger partial charge in [0.1, 0.15) is 0 Å². The molecule has 1 aliphatic rings. The van der Waals surface area contributed by atoms with E-state index in [4.69, 9.17) is 27.9 Å². The molecule has 1 aromatic heterocycles. The number of ether oxygens (including phenoxy) is 1. The average molecular weight is 337 g/mol. The minimum Gasteiger partial charge on any atom is -0.373 e. The van der Waals surface area contributed by atoms with Crippen LogP contribution in [0.5, 0.6) is 0 Å². The van der Waals surface area contributed by atoms with Crippen molar-refractivity contribution in [2.24, 2.45) is 0 Å². The monoisotopic (exact) mass is 336 g/mol. The first kappa shape index (κ1) is 15.3. The molecule has 0 aliphatic carbocycles. The van der Waals surface area contributed by atoms with Crippen LogP contribution >= 0.6 is 23.2 Å². The zero-order valence-electron chi connectivity index (χ0n) is 11.7. The Morgan fingerprint density at radius 2 is 2.14 bits per heavy atom. The Kier molecular flexibility index (Phi) is 4.62. The summed E-state index contributed by atoms with van der Waals surface area (Å²) >= 11 is 11.9. The maximum absolute atomic E-state index is 12.2.